The molecule has 1 aromatic rings. The smallest absolute Gasteiger partial charge is 0.306 e. The molecule has 2 saturated carbocycles. The summed E-state index contributed by atoms with van der Waals surface area (Å²) in [6, 6.07) is 6.52. The van der Waals surface area contributed by atoms with Gasteiger partial charge < -0.3 is 10.4 Å². The average Bonchev–Trinajstić information content (AvgIpc) is 3.34. The van der Waals surface area contributed by atoms with Gasteiger partial charge in [0.05, 0.1) is 5.92 Å². The maximum Gasteiger partial charge on any atom is 0.306 e. The molecule has 0 spiro atoms. The molecule has 0 bridgehead atoms. The summed E-state index contributed by atoms with van der Waals surface area (Å²) in [5, 5.41) is 12.0. The van der Waals surface area contributed by atoms with E-state index >= 15 is 0 Å². The minimum atomic E-state index is -0.753. The lowest BCUT2D eigenvalue weighted by Gasteiger charge is -2.26. The number of amides is 1. The van der Waals surface area contributed by atoms with Crippen molar-refractivity contribution in [2.24, 2.45) is 11.8 Å². The first-order valence-electron chi connectivity index (χ1n) is 8.27. The number of carboxylic acid groups (broad SMARTS) is 1. The van der Waals surface area contributed by atoms with Gasteiger partial charge in [-0.15, -0.1) is 0 Å². The van der Waals surface area contributed by atoms with E-state index in [1.165, 1.54) is 12.1 Å². The lowest BCUT2D eigenvalue weighted by atomic mass is 9.81. The van der Waals surface area contributed by atoms with Gasteiger partial charge in [-0.25, -0.2) is 4.39 Å². The van der Waals surface area contributed by atoms with Crippen LogP contribution in [0.4, 0.5) is 4.39 Å². The molecule has 0 atom stereocenters. The largest absolute Gasteiger partial charge is 0.481 e. The number of carbonyl (C=O) groups is 2. The number of carboxylic acids is 1. The molecule has 1 amide bonds. The van der Waals surface area contributed by atoms with Gasteiger partial charge in [0.15, 0.2) is 0 Å². The monoisotopic (exact) mass is 319 g/mol. The number of halogens is 1. The third-order valence-corrected chi connectivity index (χ3v) is 5.36. The summed E-state index contributed by atoms with van der Waals surface area (Å²) in [6.07, 6.45) is 4.46. The maximum atomic E-state index is 13.0. The summed E-state index contributed by atoms with van der Waals surface area (Å²) >= 11 is 0. The van der Waals surface area contributed by atoms with Crippen LogP contribution in [0.15, 0.2) is 24.3 Å². The van der Waals surface area contributed by atoms with Crippen LogP contribution < -0.4 is 5.32 Å². The lowest BCUT2D eigenvalue weighted by Crippen LogP contribution is -2.38. The molecular weight excluding hydrogens is 297 g/mol. The Hall–Kier alpha value is -1.91. The minimum absolute atomic E-state index is 0.0298. The number of nitrogens with one attached hydrogen (secondary N) is 1. The third-order valence-electron chi connectivity index (χ3n) is 5.36. The fourth-order valence-corrected chi connectivity index (χ4v) is 3.53. The summed E-state index contributed by atoms with van der Waals surface area (Å²) in [5.41, 5.74) is 1.04. The minimum Gasteiger partial charge on any atom is -0.481 e. The molecule has 0 aromatic heterocycles. The van der Waals surface area contributed by atoms with E-state index in [0.717, 1.165) is 18.4 Å². The first-order chi connectivity index (χ1) is 11.0. The molecule has 4 nitrogen and oxygen atoms in total. The van der Waals surface area contributed by atoms with Gasteiger partial charge in [-0.2, -0.15) is 0 Å². The molecule has 0 unspecified atom stereocenters. The van der Waals surface area contributed by atoms with Crippen molar-refractivity contribution in [2.45, 2.75) is 43.9 Å². The van der Waals surface area contributed by atoms with E-state index in [1.54, 1.807) is 12.1 Å². The quantitative estimate of drug-likeness (QED) is 0.877. The third kappa shape index (κ3) is 3.54. The molecule has 2 aliphatic carbocycles. The van der Waals surface area contributed by atoms with Crippen molar-refractivity contribution in [1.82, 2.24) is 5.32 Å². The van der Waals surface area contributed by atoms with Crippen LogP contribution in [-0.4, -0.2) is 23.5 Å². The van der Waals surface area contributed by atoms with Crippen molar-refractivity contribution in [3.63, 3.8) is 0 Å². The highest BCUT2D eigenvalue weighted by molar-refractivity contribution is 5.79. The van der Waals surface area contributed by atoms with E-state index in [4.69, 9.17) is 5.11 Å². The number of benzene rings is 1. The van der Waals surface area contributed by atoms with Crippen LogP contribution in [0, 0.1) is 17.7 Å². The maximum absolute atomic E-state index is 13.0. The number of carbonyl (C=O) groups excluding carboxylic acids is 1. The zero-order valence-electron chi connectivity index (χ0n) is 13.1. The number of hydrogen-bond donors (Lipinski definition) is 2. The number of aliphatic carboxylic acids is 1. The lowest BCUT2D eigenvalue weighted by molar-refractivity contribution is -0.144. The van der Waals surface area contributed by atoms with Gasteiger partial charge in [-0.1, -0.05) is 12.1 Å². The van der Waals surface area contributed by atoms with Gasteiger partial charge in [-0.05, 0) is 56.2 Å². The molecule has 5 heteroatoms. The van der Waals surface area contributed by atoms with Crippen molar-refractivity contribution in [3.8, 4) is 0 Å². The van der Waals surface area contributed by atoms with Crippen LogP contribution in [-0.2, 0) is 15.0 Å². The van der Waals surface area contributed by atoms with Crippen LogP contribution >= 0.6 is 0 Å². The van der Waals surface area contributed by atoms with Gasteiger partial charge in [0, 0.05) is 17.9 Å². The van der Waals surface area contributed by atoms with E-state index < -0.39 is 5.97 Å². The second kappa shape index (κ2) is 6.30. The Balaban J connectivity index is 1.51. The SMILES string of the molecule is O=C(O)C1CCC(C(=O)NCC2(c3ccc(F)cc3)CC2)CC1. The highest BCUT2D eigenvalue weighted by Gasteiger charge is 2.44. The van der Waals surface area contributed by atoms with E-state index in [9.17, 15) is 14.0 Å². The highest BCUT2D eigenvalue weighted by Crippen LogP contribution is 2.47. The molecule has 2 N–H and O–H groups in total. The van der Waals surface area contributed by atoms with Crippen LogP contribution in [0.5, 0.6) is 0 Å². The number of rotatable bonds is 5. The molecule has 2 fully saturated rings. The van der Waals surface area contributed by atoms with Crippen molar-refractivity contribution < 1.29 is 19.1 Å². The second-order valence-electron chi connectivity index (χ2n) is 6.89. The topological polar surface area (TPSA) is 66.4 Å². The summed E-state index contributed by atoms with van der Waals surface area (Å²) in [4.78, 5) is 23.3. The zero-order chi connectivity index (χ0) is 16.4. The van der Waals surface area contributed by atoms with Crippen LogP contribution in [0.1, 0.15) is 44.1 Å². The van der Waals surface area contributed by atoms with Crippen molar-refractivity contribution in [1.29, 1.82) is 0 Å². The molecule has 0 radical (unpaired) electrons. The predicted octanol–water partition coefficient (Wildman–Crippen LogP) is 2.86. The molecule has 0 heterocycles. The van der Waals surface area contributed by atoms with Gasteiger partial charge in [0.1, 0.15) is 5.82 Å². The van der Waals surface area contributed by atoms with Gasteiger partial charge in [0.25, 0.3) is 0 Å². The first-order valence-corrected chi connectivity index (χ1v) is 8.27. The normalized spacial score (nSPS) is 25.6. The molecule has 0 aliphatic heterocycles. The molecule has 3 rings (SSSR count). The summed E-state index contributed by atoms with van der Waals surface area (Å²) < 4.78 is 13.0. The van der Waals surface area contributed by atoms with Crippen LogP contribution in [0.2, 0.25) is 0 Å². The molecule has 124 valence electrons. The standard InChI is InChI=1S/C18H22FNO3/c19-15-7-5-14(6-8-15)18(9-10-18)11-20-16(21)12-1-3-13(4-2-12)17(22)23/h5-8,12-13H,1-4,9-11H2,(H,20,21)(H,22,23). The first kappa shape index (κ1) is 16.0. The predicted molar refractivity (Wildman–Crippen MR) is 83.4 cm³/mol. The van der Waals surface area contributed by atoms with Crippen LogP contribution in [0.25, 0.3) is 0 Å². The van der Waals surface area contributed by atoms with E-state index in [1.807, 2.05) is 0 Å². The van der Waals surface area contributed by atoms with Crippen molar-refractivity contribution in [2.75, 3.05) is 6.54 Å². The summed E-state index contributed by atoms with van der Waals surface area (Å²) in [7, 11) is 0. The summed E-state index contributed by atoms with van der Waals surface area (Å²) in [6.45, 7) is 0.580. The second-order valence-corrected chi connectivity index (χ2v) is 6.89. The Morgan fingerprint density at radius 3 is 2.17 bits per heavy atom. The van der Waals surface area contributed by atoms with Gasteiger partial charge in [0.2, 0.25) is 5.91 Å². The highest BCUT2D eigenvalue weighted by atomic mass is 19.1. The Morgan fingerprint density at radius 2 is 1.65 bits per heavy atom. The Bertz CT molecular complexity index is 587. The Morgan fingerprint density at radius 1 is 1.09 bits per heavy atom. The Kier molecular flexibility index (Phi) is 4.37. The fourth-order valence-electron chi connectivity index (χ4n) is 3.53. The molecule has 23 heavy (non-hydrogen) atoms. The van der Waals surface area contributed by atoms with E-state index in [2.05, 4.69) is 5.32 Å². The van der Waals surface area contributed by atoms with E-state index in [-0.39, 0.29) is 29.0 Å². The van der Waals surface area contributed by atoms with E-state index in [0.29, 0.717) is 32.2 Å². The van der Waals surface area contributed by atoms with Gasteiger partial charge >= 0.3 is 5.97 Å². The Labute approximate surface area is 135 Å². The van der Waals surface area contributed by atoms with Crippen molar-refractivity contribution in [3.05, 3.63) is 35.6 Å². The molecule has 2 aliphatic rings. The average molecular weight is 319 g/mol. The molecular formula is C18H22FNO3. The summed E-state index contributed by atoms with van der Waals surface area (Å²) in [5.74, 6) is -1.34. The zero-order valence-corrected chi connectivity index (χ0v) is 13.1. The van der Waals surface area contributed by atoms with Gasteiger partial charge in [-0.3, -0.25) is 9.59 Å². The van der Waals surface area contributed by atoms with Crippen LogP contribution in [0.3, 0.4) is 0 Å². The molecule has 0 saturated heterocycles. The molecule has 1 aromatic carbocycles. The number of hydrogen-bond acceptors (Lipinski definition) is 2. The van der Waals surface area contributed by atoms with Crippen molar-refractivity contribution >= 4 is 11.9 Å². The fraction of sp³-hybridized carbons (Fsp3) is 0.556.